The third-order valence-electron chi connectivity index (χ3n) is 8.68. The van der Waals surface area contributed by atoms with Crippen LogP contribution in [0.5, 0.6) is 0 Å². The lowest BCUT2D eigenvalue weighted by atomic mass is 9.56. The summed E-state index contributed by atoms with van der Waals surface area (Å²) in [5.41, 5.74) is -0.223. The smallest absolute Gasteiger partial charge is 0.286 e. The van der Waals surface area contributed by atoms with E-state index in [9.17, 15) is 39.9 Å². The van der Waals surface area contributed by atoms with Crippen LogP contribution in [0.4, 0.5) is 24.5 Å². The maximum Gasteiger partial charge on any atom is 0.286 e. The number of fused-ring (bicyclic) bond motifs is 3. The largest absolute Gasteiger partial charge is 0.391 e. The molecular formula is C26H27F3N4O6S2. The van der Waals surface area contributed by atoms with Crippen molar-refractivity contribution >= 4 is 43.2 Å². The van der Waals surface area contributed by atoms with Gasteiger partial charge in [-0.3, -0.25) is 9.52 Å². The summed E-state index contributed by atoms with van der Waals surface area (Å²) in [5.74, 6) is -7.37. The molecule has 2 unspecified atom stereocenters. The number of benzene rings is 2. The van der Waals surface area contributed by atoms with Crippen molar-refractivity contribution < 1.29 is 39.9 Å². The molecule has 1 saturated heterocycles. The Morgan fingerprint density at radius 3 is 2.44 bits per heavy atom. The first-order chi connectivity index (χ1) is 19.2. The lowest BCUT2D eigenvalue weighted by Gasteiger charge is -2.58. The fraction of sp³-hybridized carbons (Fsp3) is 0.462. The second kappa shape index (κ2) is 9.70. The summed E-state index contributed by atoms with van der Waals surface area (Å²) in [5, 5.41) is 14.4. The van der Waals surface area contributed by atoms with Crippen LogP contribution in [0.1, 0.15) is 31.2 Å². The third-order valence-corrected chi connectivity index (χ3v) is 10.6. The Labute approximate surface area is 234 Å². The Morgan fingerprint density at radius 1 is 1.07 bits per heavy atom. The number of hydrogen-bond acceptors (Lipinski definition) is 7. The van der Waals surface area contributed by atoms with E-state index in [0.29, 0.717) is 0 Å². The first-order valence-electron chi connectivity index (χ1n) is 13.1. The molecule has 5 aliphatic rings. The highest BCUT2D eigenvalue weighted by Gasteiger charge is 2.58. The van der Waals surface area contributed by atoms with Gasteiger partial charge in [-0.25, -0.2) is 21.6 Å². The van der Waals surface area contributed by atoms with Crippen LogP contribution in [-0.2, 0) is 31.4 Å². The van der Waals surface area contributed by atoms with E-state index in [1.165, 1.54) is 17.0 Å². The number of rotatable bonds is 5. The van der Waals surface area contributed by atoms with Gasteiger partial charge in [0, 0.05) is 29.8 Å². The molecule has 10 nitrogen and oxygen atoms in total. The van der Waals surface area contributed by atoms with Gasteiger partial charge in [0.05, 0.1) is 18.0 Å². The monoisotopic (exact) mass is 612 g/mol. The molecule has 15 heteroatoms. The van der Waals surface area contributed by atoms with Gasteiger partial charge in [0.1, 0.15) is 16.6 Å². The van der Waals surface area contributed by atoms with Crippen molar-refractivity contribution in [2.75, 3.05) is 16.3 Å². The molecule has 3 aliphatic carbocycles. The molecule has 2 aliphatic heterocycles. The van der Waals surface area contributed by atoms with Crippen LogP contribution in [0.15, 0.2) is 39.6 Å². The van der Waals surface area contributed by atoms with Crippen molar-refractivity contribution in [2.45, 2.75) is 49.3 Å². The van der Waals surface area contributed by atoms with Crippen LogP contribution in [0.3, 0.4) is 0 Å². The molecule has 1 amide bonds. The number of carbonyl (C=O) groups excluding carboxylic acids is 1. The topological polar surface area (TPSA) is 145 Å². The number of aliphatic hydroxyl groups excluding tert-OH is 1. The Kier molecular flexibility index (Phi) is 6.62. The molecule has 2 bridgehead atoms. The summed E-state index contributed by atoms with van der Waals surface area (Å²) in [6, 6.07) is 5.09. The molecule has 0 spiro atoms. The minimum Gasteiger partial charge on any atom is -0.391 e. The Hall–Kier alpha value is -3.17. The van der Waals surface area contributed by atoms with Gasteiger partial charge in [-0.1, -0.05) is 6.07 Å². The summed E-state index contributed by atoms with van der Waals surface area (Å²) in [7, 11) is -8.14. The van der Waals surface area contributed by atoms with Crippen LogP contribution in [0.25, 0.3) is 0 Å². The molecule has 220 valence electrons. The highest BCUT2D eigenvalue weighted by atomic mass is 32.2. The number of anilines is 2. The van der Waals surface area contributed by atoms with Crippen LogP contribution >= 0.6 is 0 Å². The molecule has 0 aromatic heterocycles. The molecule has 3 saturated carbocycles. The predicted octanol–water partition coefficient (Wildman–Crippen LogP) is 2.81. The van der Waals surface area contributed by atoms with Crippen molar-refractivity contribution in [3.05, 3.63) is 53.3 Å². The zero-order chi connectivity index (χ0) is 29.4. The van der Waals surface area contributed by atoms with Crippen LogP contribution in [0, 0.1) is 41.1 Å². The summed E-state index contributed by atoms with van der Waals surface area (Å²) < 4.78 is 98.1. The van der Waals surface area contributed by atoms with Gasteiger partial charge in [-0.2, -0.15) is 8.42 Å². The van der Waals surface area contributed by atoms with E-state index in [0.717, 1.165) is 50.1 Å². The molecule has 7 rings (SSSR count). The van der Waals surface area contributed by atoms with Crippen molar-refractivity contribution in [1.82, 2.24) is 4.90 Å². The van der Waals surface area contributed by atoms with Crippen molar-refractivity contribution in [1.29, 1.82) is 0 Å². The number of hydrogen-bond donors (Lipinski definition) is 3. The summed E-state index contributed by atoms with van der Waals surface area (Å²) in [6.07, 6.45) is 2.79. The van der Waals surface area contributed by atoms with Gasteiger partial charge < -0.3 is 15.3 Å². The number of aliphatic hydroxyl groups is 1. The summed E-state index contributed by atoms with van der Waals surface area (Å²) in [4.78, 5) is 15.1. The van der Waals surface area contributed by atoms with Crippen molar-refractivity contribution in [3.8, 4) is 0 Å². The molecule has 3 N–H and O–H groups in total. The van der Waals surface area contributed by atoms with Gasteiger partial charge >= 0.3 is 0 Å². The maximum absolute atomic E-state index is 14.7. The van der Waals surface area contributed by atoms with E-state index in [1.807, 2.05) is 0 Å². The Morgan fingerprint density at radius 2 is 1.76 bits per heavy atom. The van der Waals surface area contributed by atoms with Crippen LogP contribution in [0.2, 0.25) is 0 Å². The quantitative estimate of drug-likeness (QED) is 0.441. The van der Waals surface area contributed by atoms with Crippen molar-refractivity contribution in [2.24, 2.45) is 28.1 Å². The molecule has 4 atom stereocenters. The SMILES string of the molecule is CS(=O)(=O)Nc1ccc2c(c1)S(=O)(=O)N=C(C1C(=O)N(Cc3ccc(F)c(F)c3F)[C@H]3C4CCC(CC4)[C@H]3C1O)N2. The van der Waals surface area contributed by atoms with E-state index in [-0.39, 0.29) is 39.5 Å². The first-order valence-corrected chi connectivity index (χ1v) is 16.4. The van der Waals surface area contributed by atoms with E-state index in [4.69, 9.17) is 0 Å². The number of halogens is 3. The molecule has 4 fully saturated rings. The summed E-state index contributed by atoms with van der Waals surface area (Å²) in [6.45, 7) is -0.396. The molecular weight excluding hydrogens is 585 g/mol. The number of nitrogens with zero attached hydrogens (tertiary/aromatic N) is 2. The Bertz CT molecular complexity index is 1690. The fourth-order valence-electron chi connectivity index (χ4n) is 7.03. The van der Waals surface area contributed by atoms with Gasteiger partial charge in [-0.15, -0.1) is 4.40 Å². The molecule has 2 aromatic rings. The van der Waals surface area contributed by atoms with Gasteiger partial charge in [0.2, 0.25) is 15.9 Å². The van der Waals surface area contributed by atoms with E-state index in [2.05, 4.69) is 14.4 Å². The molecule has 0 radical (unpaired) electrons. The third kappa shape index (κ3) is 4.77. The summed E-state index contributed by atoms with van der Waals surface area (Å²) >= 11 is 0. The average Bonchev–Trinajstić information content (AvgIpc) is 2.90. The van der Waals surface area contributed by atoms with Gasteiger partial charge in [0.15, 0.2) is 17.5 Å². The first kappa shape index (κ1) is 28.0. The normalized spacial score (nSPS) is 30.2. The van der Waals surface area contributed by atoms with Crippen LogP contribution in [-0.4, -0.2) is 57.0 Å². The minimum atomic E-state index is -4.44. The number of amides is 1. The number of amidine groups is 1. The zero-order valence-corrected chi connectivity index (χ0v) is 23.4. The molecule has 2 aromatic carbocycles. The highest BCUT2D eigenvalue weighted by molar-refractivity contribution is 7.92. The molecule has 41 heavy (non-hydrogen) atoms. The number of likely N-dealkylation sites (tertiary alicyclic amines) is 1. The van der Waals surface area contributed by atoms with Crippen molar-refractivity contribution in [3.63, 3.8) is 0 Å². The Balaban J connectivity index is 1.40. The van der Waals surface area contributed by atoms with E-state index in [1.54, 1.807) is 0 Å². The highest BCUT2D eigenvalue weighted by Crippen LogP contribution is 2.52. The minimum absolute atomic E-state index is 0.00406. The maximum atomic E-state index is 14.7. The standard InChI is InChI=1S/C26H27F3N4O6S2/c1-40(36,37)31-15-7-9-17-18(10-15)41(38,39)32-25(30-17)20-24(34)19-12-2-4-13(5-3-12)23(19)33(26(20)35)11-14-6-8-16(27)22(29)21(14)28/h6-10,12-13,19-20,23-24,31,34H,2-5,11H2,1H3,(H,30,32)/t12?,13?,19-,20?,23+,24?/m1/s1. The van der Waals surface area contributed by atoms with Gasteiger partial charge in [0.25, 0.3) is 10.0 Å². The lowest BCUT2D eigenvalue weighted by Crippen LogP contribution is -2.67. The average molecular weight is 613 g/mol. The second-order valence-corrected chi connectivity index (χ2v) is 14.5. The molecule has 2 heterocycles. The van der Waals surface area contributed by atoms with E-state index < -0.39 is 73.9 Å². The number of nitrogens with one attached hydrogen (secondary N) is 2. The second-order valence-electron chi connectivity index (χ2n) is 11.2. The fourth-order valence-corrected chi connectivity index (χ4v) is 8.77. The number of sulfonamides is 2. The lowest BCUT2D eigenvalue weighted by molar-refractivity contribution is -0.170. The van der Waals surface area contributed by atoms with Crippen LogP contribution < -0.4 is 10.0 Å². The number of carbonyl (C=O) groups is 1. The number of piperidine rings is 1. The predicted molar refractivity (Wildman–Crippen MR) is 142 cm³/mol. The zero-order valence-electron chi connectivity index (χ0n) is 21.7. The van der Waals surface area contributed by atoms with E-state index >= 15 is 0 Å². The van der Waals surface area contributed by atoms with Gasteiger partial charge in [-0.05, 0) is 61.8 Å².